The summed E-state index contributed by atoms with van der Waals surface area (Å²) in [7, 11) is 0. The lowest BCUT2D eigenvalue weighted by atomic mass is 9.93. The van der Waals surface area contributed by atoms with Gasteiger partial charge in [0.05, 0.1) is 29.4 Å². The van der Waals surface area contributed by atoms with Crippen LogP contribution in [0.3, 0.4) is 0 Å². The van der Waals surface area contributed by atoms with Gasteiger partial charge in [-0.05, 0) is 48.6 Å². The number of carbonyl (C=O) groups is 1. The van der Waals surface area contributed by atoms with Gasteiger partial charge < -0.3 is 10.2 Å². The number of nitriles is 1. The smallest absolute Gasteiger partial charge is 0.228 e. The van der Waals surface area contributed by atoms with Gasteiger partial charge in [0.15, 0.2) is 0 Å². The Morgan fingerprint density at radius 2 is 1.79 bits per heavy atom. The van der Waals surface area contributed by atoms with Crippen molar-refractivity contribution in [1.82, 2.24) is 0 Å². The lowest BCUT2D eigenvalue weighted by Crippen LogP contribution is -2.40. The van der Waals surface area contributed by atoms with Crippen LogP contribution in [0.1, 0.15) is 57.1 Å². The van der Waals surface area contributed by atoms with Gasteiger partial charge in [0.25, 0.3) is 0 Å². The highest BCUT2D eigenvalue weighted by molar-refractivity contribution is 5.95. The molecule has 29 heavy (non-hydrogen) atoms. The minimum Gasteiger partial charge on any atom is -0.367 e. The van der Waals surface area contributed by atoms with Crippen molar-refractivity contribution in [3.8, 4) is 6.07 Å². The van der Waals surface area contributed by atoms with Crippen molar-refractivity contribution in [3.63, 3.8) is 0 Å². The van der Waals surface area contributed by atoms with E-state index in [2.05, 4.69) is 42.3 Å². The van der Waals surface area contributed by atoms with Crippen molar-refractivity contribution in [3.05, 3.63) is 59.7 Å². The molecule has 2 aromatic carbocycles. The third kappa shape index (κ3) is 5.84. The van der Waals surface area contributed by atoms with Gasteiger partial charge in [-0.15, -0.1) is 0 Å². The Balaban J connectivity index is 1.76. The van der Waals surface area contributed by atoms with Crippen LogP contribution in [0.25, 0.3) is 0 Å². The molecule has 1 N–H and O–H groups in total. The summed E-state index contributed by atoms with van der Waals surface area (Å²) >= 11 is 0. The lowest BCUT2D eigenvalue weighted by Gasteiger charge is -2.38. The maximum Gasteiger partial charge on any atom is 0.228 e. The van der Waals surface area contributed by atoms with Crippen LogP contribution in [0.2, 0.25) is 0 Å². The number of benzene rings is 2. The zero-order valence-electron chi connectivity index (χ0n) is 17.5. The molecule has 1 aliphatic rings. The van der Waals surface area contributed by atoms with Gasteiger partial charge in [-0.25, -0.2) is 0 Å². The molecule has 1 fully saturated rings. The van der Waals surface area contributed by atoms with Crippen LogP contribution >= 0.6 is 0 Å². The van der Waals surface area contributed by atoms with Crippen LogP contribution < -0.4 is 10.2 Å². The second kappa shape index (κ2) is 10.1. The number of rotatable bonds is 7. The number of hydrogen-bond donors (Lipinski definition) is 1. The van der Waals surface area contributed by atoms with Gasteiger partial charge in [0.2, 0.25) is 5.91 Å². The maximum absolute atomic E-state index is 12.7. The molecule has 152 valence electrons. The number of amides is 1. The quantitative estimate of drug-likeness (QED) is 0.677. The Morgan fingerprint density at radius 3 is 2.45 bits per heavy atom. The molecule has 0 atom stereocenters. The van der Waals surface area contributed by atoms with Crippen molar-refractivity contribution in [2.45, 2.75) is 58.4 Å². The normalized spacial score (nSPS) is 14.4. The number of carbonyl (C=O) groups excluding carboxylic acids is 1. The van der Waals surface area contributed by atoms with Crippen LogP contribution in [0.15, 0.2) is 48.5 Å². The summed E-state index contributed by atoms with van der Waals surface area (Å²) in [6, 6.07) is 18.0. The average Bonchev–Trinajstić information content (AvgIpc) is 2.73. The first kappa shape index (κ1) is 20.9. The summed E-state index contributed by atoms with van der Waals surface area (Å²) in [5, 5.41) is 12.1. The van der Waals surface area contributed by atoms with Gasteiger partial charge in [-0.1, -0.05) is 57.4 Å². The molecule has 0 heterocycles. The van der Waals surface area contributed by atoms with Gasteiger partial charge in [0, 0.05) is 12.6 Å². The van der Waals surface area contributed by atoms with Gasteiger partial charge in [-0.3, -0.25) is 4.79 Å². The molecular formula is C25H31N3O. The van der Waals surface area contributed by atoms with Crippen LogP contribution in [-0.2, 0) is 11.2 Å². The van der Waals surface area contributed by atoms with Gasteiger partial charge in [-0.2, -0.15) is 5.26 Å². The van der Waals surface area contributed by atoms with E-state index < -0.39 is 0 Å². The van der Waals surface area contributed by atoms with E-state index in [9.17, 15) is 4.79 Å². The molecule has 1 saturated carbocycles. The fraction of sp³-hybridized carbons (Fsp3) is 0.440. The van der Waals surface area contributed by atoms with Gasteiger partial charge in [0.1, 0.15) is 0 Å². The minimum absolute atomic E-state index is 0.0321. The topological polar surface area (TPSA) is 56.1 Å². The van der Waals surface area contributed by atoms with Crippen LogP contribution in [0, 0.1) is 17.2 Å². The maximum atomic E-state index is 12.7. The Bertz CT molecular complexity index is 845. The van der Waals surface area contributed by atoms with Crippen molar-refractivity contribution < 1.29 is 4.79 Å². The molecule has 4 heteroatoms. The summed E-state index contributed by atoms with van der Waals surface area (Å²) in [5.41, 5.74) is 3.53. The van der Waals surface area contributed by atoms with Crippen LogP contribution in [-0.4, -0.2) is 18.5 Å². The first-order chi connectivity index (χ1) is 14.1. The Morgan fingerprint density at radius 1 is 1.10 bits per heavy atom. The minimum atomic E-state index is -0.0321. The van der Waals surface area contributed by atoms with Crippen molar-refractivity contribution >= 4 is 17.3 Å². The molecular weight excluding hydrogens is 358 g/mol. The predicted molar refractivity (Wildman–Crippen MR) is 119 cm³/mol. The summed E-state index contributed by atoms with van der Waals surface area (Å²) in [6.07, 6.45) is 6.64. The van der Waals surface area contributed by atoms with E-state index in [0.29, 0.717) is 23.9 Å². The molecule has 0 unspecified atom stereocenters. The van der Waals surface area contributed by atoms with Gasteiger partial charge >= 0.3 is 0 Å². The molecule has 2 aromatic rings. The number of hydrogen-bond acceptors (Lipinski definition) is 3. The van der Waals surface area contributed by atoms with E-state index in [-0.39, 0.29) is 5.91 Å². The first-order valence-electron chi connectivity index (χ1n) is 10.7. The summed E-state index contributed by atoms with van der Waals surface area (Å²) in [4.78, 5) is 15.2. The highest BCUT2D eigenvalue weighted by Gasteiger charge is 2.24. The molecule has 0 aliphatic heterocycles. The monoisotopic (exact) mass is 389 g/mol. The summed E-state index contributed by atoms with van der Waals surface area (Å²) in [6.45, 7) is 5.50. The highest BCUT2D eigenvalue weighted by atomic mass is 16.1. The fourth-order valence-electron chi connectivity index (χ4n) is 4.14. The molecule has 3 rings (SSSR count). The van der Waals surface area contributed by atoms with E-state index in [1.165, 1.54) is 32.1 Å². The standard InChI is InChI=1S/C25H31N3O/c1-19(2)18-28(22-8-4-3-5-9-22)24-11-7-6-10-23(24)27-25(29)16-20-12-14-21(17-26)15-13-20/h6-7,10-15,19,22H,3-5,8-9,16,18H2,1-2H3,(H,27,29). The largest absolute Gasteiger partial charge is 0.367 e. The van der Waals surface area contributed by atoms with E-state index in [4.69, 9.17) is 5.26 Å². The Labute approximate surface area is 174 Å². The Hall–Kier alpha value is -2.80. The number of para-hydroxylation sites is 2. The number of anilines is 2. The predicted octanol–water partition coefficient (Wildman–Crippen LogP) is 5.53. The fourth-order valence-corrected chi connectivity index (χ4v) is 4.14. The van der Waals surface area contributed by atoms with Crippen molar-refractivity contribution in [2.24, 2.45) is 5.92 Å². The Kier molecular flexibility index (Phi) is 7.30. The highest BCUT2D eigenvalue weighted by Crippen LogP contribution is 2.33. The summed E-state index contributed by atoms with van der Waals surface area (Å²) in [5.74, 6) is 0.523. The van der Waals surface area contributed by atoms with E-state index in [1.54, 1.807) is 12.1 Å². The lowest BCUT2D eigenvalue weighted by molar-refractivity contribution is -0.115. The van der Waals surface area contributed by atoms with E-state index in [0.717, 1.165) is 23.5 Å². The van der Waals surface area contributed by atoms with E-state index in [1.807, 2.05) is 24.3 Å². The molecule has 4 nitrogen and oxygen atoms in total. The van der Waals surface area contributed by atoms with Crippen LogP contribution in [0.5, 0.6) is 0 Å². The van der Waals surface area contributed by atoms with Crippen molar-refractivity contribution in [1.29, 1.82) is 5.26 Å². The zero-order chi connectivity index (χ0) is 20.6. The third-order valence-corrected chi connectivity index (χ3v) is 5.51. The molecule has 0 radical (unpaired) electrons. The van der Waals surface area contributed by atoms with Crippen molar-refractivity contribution in [2.75, 3.05) is 16.8 Å². The zero-order valence-corrected chi connectivity index (χ0v) is 17.5. The molecule has 0 bridgehead atoms. The first-order valence-corrected chi connectivity index (χ1v) is 10.7. The second-order valence-corrected chi connectivity index (χ2v) is 8.39. The summed E-state index contributed by atoms with van der Waals surface area (Å²) < 4.78 is 0. The second-order valence-electron chi connectivity index (χ2n) is 8.39. The number of nitrogens with zero attached hydrogens (tertiary/aromatic N) is 2. The average molecular weight is 390 g/mol. The SMILES string of the molecule is CC(C)CN(c1ccccc1NC(=O)Cc1ccc(C#N)cc1)C1CCCCC1. The molecule has 1 amide bonds. The molecule has 0 saturated heterocycles. The third-order valence-electron chi connectivity index (χ3n) is 5.51. The molecule has 0 spiro atoms. The van der Waals surface area contributed by atoms with Crippen LogP contribution in [0.4, 0.5) is 11.4 Å². The molecule has 1 aliphatic carbocycles. The number of nitrogens with one attached hydrogen (secondary N) is 1. The molecule has 0 aromatic heterocycles. The van der Waals surface area contributed by atoms with E-state index >= 15 is 0 Å².